The highest BCUT2D eigenvalue weighted by Crippen LogP contribution is 2.28. The zero-order chi connectivity index (χ0) is 13.0. The molecule has 0 atom stereocenters. The lowest BCUT2D eigenvalue weighted by molar-refractivity contribution is 0.413. The minimum atomic E-state index is -0.364. The molecule has 0 aliphatic heterocycles. The molecule has 0 N–H and O–H groups in total. The highest BCUT2D eigenvalue weighted by Gasteiger charge is 2.08. The predicted octanol–water partition coefficient (Wildman–Crippen LogP) is 3.39. The number of allylic oxidation sites excluding steroid dienone is 3. The third-order valence-electron chi connectivity index (χ3n) is 2.57. The summed E-state index contributed by atoms with van der Waals surface area (Å²) in [5.74, 6) is 0.678. The van der Waals surface area contributed by atoms with Crippen LogP contribution in [0.5, 0.6) is 5.75 Å². The Morgan fingerprint density at radius 2 is 1.94 bits per heavy atom. The monoisotopic (exact) mass is 242 g/mol. The molecule has 0 radical (unpaired) electrons. The van der Waals surface area contributed by atoms with Crippen LogP contribution in [0.25, 0.3) is 17.0 Å². The second-order valence-corrected chi connectivity index (χ2v) is 3.74. The van der Waals surface area contributed by atoms with Crippen LogP contribution in [-0.2, 0) is 0 Å². The summed E-state index contributed by atoms with van der Waals surface area (Å²) in [5.41, 5.74) is 0.949. The first-order valence-corrected chi connectivity index (χ1v) is 5.66. The van der Waals surface area contributed by atoms with E-state index in [1.807, 2.05) is 43.4 Å². The minimum absolute atomic E-state index is 0.364. The Hall–Kier alpha value is -2.29. The average molecular weight is 242 g/mol. The van der Waals surface area contributed by atoms with E-state index in [9.17, 15) is 4.79 Å². The van der Waals surface area contributed by atoms with Gasteiger partial charge < -0.3 is 9.15 Å². The normalized spacial score (nSPS) is 11.7. The van der Waals surface area contributed by atoms with Crippen molar-refractivity contribution in [1.82, 2.24) is 0 Å². The zero-order valence-corrected chi connectivity index (χ0v) is 10.3. The molecule has 0 bridgehead atoms. The summed E-state index contributed by atoms with van der Waals surface area (Å²) < 4.78 is 10.5. The highest BCUT2D eigenvalue weighted by molar-refractivity contribution is 5.88. The molecular weight excluding hydrogens is 228 g/mol. The van der Waals surface area contributed by atoms with E-state index in [1.54, 1.807) is 13.2 Å². The Bertz CT molecular complexity index is 663. The molecule has 0 saturated carbocycles. The van der Waals surface area contributed by atoms with Crippen molar-refractivity contribution in [2.24, 2.45) is 0 Å². The Morgan fingerprint density at radius 1 is 1.17 bits per heavy atom. The number of hydrogen-bond acceptors (Lipinski definition) is 3. The molecule has 0 aliphatic carbocycles. The minimum Gasteiger partial charge on any atom is -0.496 e. The fourth-order valence-electron chi connectivity index (χ4n) is 1.73. The van der Waals surface area contributed by atoms with Crippen LogP contribution in [0, 0.1) is 0 Å². The molecule has 0 saturated heterocycles. The molecule has 2 aromatic rings. The maximum Gasteiger partial charge on any atom is 0.336 e. The van der Waals surface area contributed by atoms with Crippen molar-refractivity contribution >= 4 is 17.0 Å². The molecule has 3 heteroatoms. The first-order chi connectivity index (χ1) is 8.76. The predicted molar refractivity (Wildman–Crippen MR) is 72.9 cm³/mol. The maximum atomic E-state index is 11.3. The van der Waals surface area contributed by atoms with Gasteiger partial charge in [-0.3, -0.25) is 0 Å². The van der Waals surface area contributed by atoms with Gasteiger partial charge in [-0.05, 0) is 31.2 Å². The molecule has 2 rings (SSSR count). The first kappa shape index (κ1) is 12.2. The summed E-state index contributed by atoms with van der Waals surface area (Å²) in [4.78, 5) is 11.3. The van der Waals surface area contributed by atoms with Crippen LogP contribution in [0.4, 0.5) is 0 Å². The van der Waals surface area contributed by atoms with E-state index in [4.69, 9.17) is 9.15 Å². The topological polar surface area (TPSA) is 39.4 Å². The van der Waals surface area contributed by atoms with Crippen molar-refractivity contribution in [2.75, 3.05) is 7.11 Å². The first-order valence-electron chi connectivity index (χ1n) is 5.66. The SMILES string of the molecule is C/C=C/C=C\c1c(OC)ccc2ccc(=O)oc12. The van der Waals surface area contributed by atoms with Gasteiger partial charge >= 0.3 is 5.63 Å². The Balaban J connectivity index is 2.71. The fourth-order valence-corrected chi connectivity index (χ4v) is 1.73. The second-order valence-electron chi connectivity index (χ2n) is 3.74. The summed E-state index contributed by atoms with van der Waals surface area (Å²) in [6, 6.07) is 6.88. The van der Waals surface area contributed by atoms with Gasteiger partial charge in [-0.2, -0.15) is 0 Å². The molecule has 3 nitrogen and oxygen atoms in total. The molecular formula is C15H14O3. The molecule has 1 aromatic heterocycles. The van der Waals surface area contributed by atoms with E-state index >= 15 is 0 Å². The summed E-state index contributed by atoms with van der Waals surface area (Å²) >= 11 is 0. The molecule has 0 unspecified atom stereocenters. The van der Waals surface area contributed by atoms with Gasteiger partial charge in [-0.15, -0.1) is 0 Å². The van der Waals surface area contributed by atoms with Crippen LogP contribution in [-0.4, -0.2) is 7.11 Å². The average Bonchev–Trinajstić information content (AvgIpc) is 2.39. The van der Waals surface area contributed by atoms with Crippen molar-refractivity contribution in [3.8, 4) is 5.75 Å². The molecule has 0 amide bonds. The molecule has 0 fully saturated rings. The van der Waals surface area contributed by atoms with Gasteiger partial charge in [0, 0.05) is 11.5 Å². The molecule has 1 heterocycles. The highest BCUT2D eigenvalue weighted by atomic mass is 16.5. The third-order valence-corrected chi connectivity index (χ3v) is 2.57. The van der Waals surface area contributed by atoms with Crippen LogP contribution in [0.2, 0.25) is 0 Å². The van der Waals surface area contributed by atoms with Gasteiger partial charge in [-0.25, -0.2) is 4.79 Å². The summed E-state index contributed by atoms with van der Waals surface area (Å²) in [6.45, 7) is 1.94. The number of benzene rings is 1. The van der Waals surface area contributed by atoms with E-state index in [2.05, 4.69) is 0 Å². The van der Waals surface area contributed by atoms with Gasteiger partial charge in [0.25, 0.3) is 0 Å². The van der Waals surface area contributed by atoms with Gasteiger partial charge in [0.15, 0.2) is 0 Å². The van der Waals surface area contributed by atoms with E-state index in [0.717, 1.165) is 10.9 Å². The van der Waals surface area contributed by atoms with Crippen LogP contribution in [0.1, 0.15) is 12.5 Å². The summed E-state index contributed by atoms with van der Waals surface area (Å²) in [5, 5.41) is 0.871. The van der Waals surface area contributed by atoms with Crippen LogP contribution in [0.15, 0.2) is 51.7 Å². The number of hydrogen-bond donors (Lipinski definition) is 0. The summed E-state index contributed by atoms with van der Waals surface area (Å²) in [7, 11) is 1.59. The largest absolute Gasteiger partial charge is 0.496 e. The van der Waals surface area contributed by atoms with E-state index in [1.165, 1.54) is 6.07 Å². The van der Waals surface area contributed by atoms with Crippen molar-refractivity contribution in [1.29, 1.82) is 0 Å². The Kier molecular flexibility index (Phi) is 3.63. The molecule has 0 aliphatic rings. The van der Waals surface area contributed by atoms with Gasteiger partial charge in [0.2, 0.25) is 0 Å². The summed E-state index contributed by atoms with van der Waals surface area (Å²) in [6.07, 6.45) is 7.57. The molecule has 1 aromatic carbocycles. The number of methoxy groups -OCH3 is 1. The lowest BCUT2D eigenvalue weighted by Gasteiger charge is -2.06. The van der Waals surface area contributed by atoms with Crippen molar-refractivity contribution in [3.05, 3.63) is 58.5 Å². The molecule has 92 valence electrons. The van der Waals surface area contributed by atoms with Crippen molar-refractivity contribution in [2.45, 2.75) is 6.92 Å². The maximum absolute atomic E-state index is 11.3. The smallest absolute Gasteiger partial charge is 0.336 e. The van der Waals surface area contributed by atoms with Crippen LogP contribution >= 0.6 is 0 Å². The van der Waals surface area contributed by atoms with E-state index < -0.39 is 0 Å². The van der Waals surface area contributed by atoms with E-state index in [-0.39, 0.29) is 5.63 Å². The number of rotatable bonds is 3. The Labute approximate surface area is 105 Å². The lowest BCUT2D eigenvalue weighted by atomic mass is 10.1. The van der Waals surface area contributed by atoms with Gasteiger partial charge in [0.1, 0.15) is 11.3 Å². The van der Waals surface area contributed by atoms with Crippen LogP contribution < -0.4 is 10.4 Å². The second kappa shape index (κ2) is 5.36. The van der Waals surface area contributed by atoms with Gasteiger partial charge in [0.05, 0.1) is 12.7 Å². The Morgan fingerprint density at radius 3 is 2.67 bits per heavy atom. The number of ether oxygens (including phenoxy) is 1. The lowest BCUT2D eigenvalue weighted by Crippen LogP contribution is -1.97. The van der Waals surface area contributed by atoms with Crippen molar-refractivity contribution < 1.29 is 9.15 Å². The van der Waals surface area contributed by atoms with E-state index in [0.29, 0.717) is 11.3 Å². The molecule has 0 spiro atoms. The number of fused-ring (bicyclic) bond motifs is 1. The van der Waals surface area contributed by atoms with Gasteiger partial charge in [-0.1, -0.05) is 18.2 Å². The third kappa shape index (κ3) is 2.35. The fraction of sp³-hybridized carbons (Fsp3) is 0.133. The van der Waals surface area contributed by atoms with Crippen molar-refractivity contribution in [3.63, 3.8) is 0 Å². The van der Waals surface area contributed by atoms with Crippen LogP contribution in [0.3, 0.4) is 0 Å². The quantitative estimate of drug-likeness (QED) is 0.611. The molecule has 18 heavy (non-hydrogen) atoms. The zero-order valence-electron chi connectivity index (χ0n) is 10.3. The standard InChI is InChI=1S/C15H14O3/c1-3-4-5-6-12-13(17-2)9-7-11-8-10-14(16)18-15(11)12/h3-10H,1-2H3/b4-3+,6-5-.